The first-order valence-electron chi connectivity index (χ1n) is 6.45. The van der Waals surface area contributed by atoms with Crippen molar-refractivity contribution in [2.75, 3.05) is 6.54 Å². The molecule has 12 nitrogen and oxygen atoms in total. The van der Waals surface area contributed by atoms with Crippen molar-refractivity contribution in [1.82, 2.24) is 20.8 Å². The molecule has 2 aliphatic heterocycles. The number of nitrogens with zero attached hydrogens (tertiary/aromatic N) is 3. The molecule has 126 valence electrons. The van der Waals surface area contributed by atoms with E-state index in [4.69, 9.17) is 9.81 Å². The SMILES string of the molecule is N#CCC(=O)NNC(=O)[C@@H]1CC[C@@H]2CN1C(=O)N2OS(=O)(=O)O. The van der Waals surface area contributed by atoms with E-state index in [2.05, 4.69) is 9.71 Å². The van der Waals surface area contributed by atoms with Gasteiger partial charge in [0.1, 0.15) is 12.5 Å². The summed E-state index contributed by atoms with van der Waals surface area (Å²) < 4.78 is 34.4. The van der Waals surface area contributed by atoms with Gasteiger partial charge in [0.2, 0.25) is 0 Å². The number of carbonyl (C=O) groups excluding carboxylic acids is 3. The molecule has 0 aromatic carbocycles. The van der Waals surface area contributed by atoms with Crippen molar-refractivity contribution < 1.29 is 31.6 Å². The number of urea groups is 1. The van der Waals surface area contributed by atoms with Crippen LogP contribution in [0.2, 0.25) is 0 Å². The van der Waals surface area contributed by atoms with Gasteiger partial charge in [0.15, 0.2) is 0 Å². The number of piperidine rings is 1. The topological polar surface area (TPSA) is 169 Å². The van der Waals surface area contributed by atoms with Crippen molar-refractivity contribution in [3.05, 3.63) is 0 Å². The van der Waals surface area contributed by atoms with Crippen LogP contribution in [0.4, 0.5) is 4.79 Å². The van der Waals surface area contributed by atoms with Crippen LogP contribution in [0.1, 0.15) is 19.3 Å². The van der Waals surface area contributed by atoms with Crippen molar-refractivity contribution in [2.45, 2.75) is 31.3 Å². The number of fused-ring (bicyclic) bond motifs is 2. The van der Waals surface area contributed by atoms with Crippen molar-refractivity contribution in [2.24, 2.45) is 0 Å². The van der Waals surface area contributed by atoms with Crippen LogP contribution in [0.25, 0.3) is 0 Å². The molecule has 0 unspecified atom stereocenters. The zero-order chi connectivity index (χ0) is 17.2. The van der Waals surface area contributed by atoms with E-state index in [1.807, 2.05) is 5.43 Å². The molecule has 23 heavy (non-hydrogen) atoms. The fourth-order valence-corrected chi connectivity index (χ4v) is 2.82. The van der Waals surface area contributed by atoms with Crippen LogP contribution in [-0.2, 0) is 24.3 Å². The van der Waals surface area contributed by atoms with E-state index in [1.54, 1.807) is 6.07 Å². The highest BCUT2D eigenvalue weighted by Gasteiger charge is 2.49. The lowest BCUT2D eigenvalue weighted by atomic mass is 10.0. The number of hydrogen-bond donors (Lipinski definition) is 3. The summed E-state index contributed by atoms with van der Waals surface area (Å²) in [6.45, 7) is 0.0403. The average molecular weight is 347 g/mol. The van der Waals surface area contributed by atoms with E-state index in [0.29, 0.717) is 5.06 Å². The highest BCUT2D eigenvalue weighted by Crippen LogP contribution is 2.30. The normalized spacial score (nSPS) is 23.4. The van der Waals surface area contributed by atoms with E-state index >= 15 is 0 Å². The minimum atomic E-state index is -4.85. The maximum absolute atomic E-state index is 12.1. The number of hydroxylamine groups is 2. The summed E-state index contributed by atoms with van der Waals surface area (Å²) in [4.78, 5) is 36.2. The second-order valence-electron chi connectivity index (χ2n) is 4.88. The van der Waals surface area contributed by atoms with E-state index in [9.17, 15) is 22.8 Å². The third kappa shape index (κ3) is 3.86. The molecule has 2 heterocycles. The minimum absolute atomic E-state index is 0.0403. The lowest BCUT2D eigenvalue weighted by molar-refractivity contribution is -0.131. The molecule has 2 aliphatic rings. The summed E-state index contributed by atoms with van der Waals surface area (Å²) in [7, 11) is -4.85. The van der Waals surface area contributed by atoms with Crippen LogP contribution in [0.5, 0.6) is 0 Å². The molecule has 0 saturated carbocycles. The van der Waals surface area contributed by atoms with Crippen molar-refractivity contribution in [3.8, 4) is 6.07 Å². The largest absolute Gasteiger partial charge is 0.418 e. The Morgan fingerprint density at radius 1 is 1.39 bits per heavy atom. The van der Waals surface area contributed by atoms with Gasteiger partial charge in [-0.15, -0.1) is 4.28 Å². The zero-order valence-electron chi connectivity index (χ0n) is 11.6. The Bertz CT molecular complexity index is 672. The number of rotatable bonds is 4. The van der Waals surface area contributed by atoms with Crippen LogP contribution < -0.4 is 10.9 Å². The number of amides is 4. The molecular formula is C10H13N5O7S. The monoisotopic (exact) mass is 347 g/mol. The molecule has 2 atom stereocenters. The maximum Gasteiger partial charge on any atom is 0.418 e. The standard InChI is InChI=1S/C10H13N5O7S/c11-4-3-8(16)12-13-9(17)7-2-1-6-5-14(7)10(18)15(6)22-23(19,20)21/h6-7H,1-3,5H2,(H,12,16)(H,13,17)(H,19,20,21)/t6-,7+/m1/s1. The predicted molar refractivity (Wildman–Crippen MR) is 69.9 cm³/mol. The molecule has 13 heteroatoms. The molecule has 2 rings (SSSR count). The third-order valence-corrected chi connectivity index (χ3v) is 3.71. The maximum atomic E-state index is 12.1. The highest BCUT2D eigenvalue weighted by molar-refractivity contribution is 7.80. The van der Waals surface area contributed by atoms with Crippen molar-refractivity contribution in [3.63, 3.8) is 0 Å². The molecule has 2 fully saturated rings. The summed E-state index contributed by atoms with van der Waals surface area (Å²) >= 11 is 0. The number of hydrogen-bond acceptors (Lipinski definition) is 7. The fourth-order valence-electron chi connectivity index (χ4n) is 2.43. The molecule has 2 saturated heterocycles. The van der Waals surface area contributed by atoms with E-state index in [1.165, 1.54) is 0 Å². The van der Waals surface area contributed by atoms with Crippen molar-refractivity contribution >= 4 is 28.2 Å². The fraction of sp³-hybridized carbons (Fsp3) is 0.600. The summed E-state index contributed by atoms with van der Waals surface area (Å²) in [5.41, 5.74) is 4.12. The summed E-state index contributed by atoms with van der Waals surface area (Å²) in [5, 5.41) is 8.84. The molecule has 0 aromatic rings. The molecular weight excluding hydrogens is 334 g/mol. The first-order valence-corrected chi connectivity index (χ1v) is 7.82. The summed E-state index contributed by atoms with van der Waals surface area (Å²) in [5.74, 6) is -1.39. The van der Waals surface area contributed by atoms with E-state index in [-0.39, 0.29) is 19.4 Å². The van der Waals surface area contributed by atoms with Crippen LogP contribution in [0.15, 0.2) is 0 Å². The number of nitrogens with one attached hydrogen (secondary N) is 2. The minimum Gasteiger partial charge on any atom is -0.309 e. The Morgan fingerprint density at radius 3 is 2.70 bits per heavy atom. The first-order chi connectivity index (χ1) is 10.7. The second-order valence-corrected chi connectivity index (χ2v) is 5.89. The molecule has 0 aliphatic carbocycles. The Morgan fingerprint density at radius 2 is 2.09 bits per heavy atom. The van der Waals surface area contributed by atoms with Crippen LogP contribution in [0.3, 0.4) is 0 Å². The second kappa shape index (κ2) is 6.36. The van der Waals surface area contributed by atoms with Gasteiger partial charge in [-0.2, -0.15) is 18.7 Å². The molecule has 4 amide bonds. The lowest BCUT2D eigenvalue weighted by Crippen LogP contribution is -2.54. The van der Waals surface area contributed by atoms with Crippen LogP contribution >= 0.6 is 0 Å². The number of carbonyl (C=O) groups is 3. The zero-order valence-corrected chi connectivity index (χ0v) is 12.4. The van der Waals surface area contributed by atoms with Gasteiger partial charge in [0, 0.05) is 6.54 Å². The van der Waals surface area contributed by atoms with Gasteiger partial charge in [-0.1, -0.05) is 0 Å². The third-order valence-electron chi connectivity index (χ3n) is 3.36. The van der Waals surface area contributed by atoms with Gasteiger partial charge < -0.3 is 4.90 Å². The highest BCUT2D eigenvalue weighted by atomic mass is 32.3. The van der Waals surface area contributed by atoms with Gasteiger partial charge >= 0.3 is 16.4 Å². The molecule has 2 bridgehead atoms. The number of nitriles is 1. The Balaban J connectivity index is 2.00. The molecule has 0 spiro atoms. The summed E-state index contributed by atoms with van der Waals surface area (Å²) in [6, 6.07) is -0.824. The quantitative estimate of drug-likeness (QED) is 0.389. The lowest BCUT2D eigenvalue weighted by Gasteiger charge is -2.29. The van der Waals surface area contributed by atoms with Crippen LogP contribution in [0, 0.1) is 11.3 Å². The molecule has 0 radical (unpaired) electrons. The van der Waals surface area contributed by atoms with Gasteiger partial charge in [-0.05, 0) is 12.8 Å². The molecule has 0 aromatic heterocycles. The first kappa shape index (κ1) is 16.9. The number of hydrazine groups is 1. The van der Waals surface area contributed by atoms with Gasteiger partial charge in [-0.25, -0.2) is 4.79 Å². The van der Waals surface area contributed by atoms with E-state index < -0.39 is 46.7 Å². The van der Waals surface area contributed by atoms with Crippen LogP contribution in [-0.4, -0.2) is 59.4 Å². The van der Waals surface area contributed by atoms with Gasteiger partial charge in [0.25, 0.3) is 11.8 Å². The Labute approximate surface area is 130 Å². The Hall–Kier alpha value is -2.43. The predicted octanol–water partition coefficient (Wildman–Crippen LogP) is -1.95. The van der Waals surface area contributed by atoms with Gasteiger partial charge in [0.05, 0.1) is 12.1 Å². The smallest absolute Gasteiger partial charge is 0.309 e. The van der Waals surface area contributed by atoms with Crippen molar-refractivity contribution in [1.29, 1.82) is 5.26 Å². The summed E-state index contributed by atoms with van der Waals surface area (Å²) in [6.07, 6.45) is 0.0370. The Kier molecular flexibility index (Phi) is 4.68. The van der Waals surface area contributed by atoms with E-state index in [0.717, 1.165) is 4.90 Å². The van der Waals surface area contributed by atoms with Gasteiger partial charge in [-0.3, -0.25) is 25.0 Å². The average Bonchev–Trinajstić information content (AvgIpc) is 2.69. The molecule has 3 N–H and O–H groups in total.